The van der Waals surface area contributed by atoms with Gasteiger partial charge in [-0.25, -0.2) is 4.98 Å². The quantitative estimate of drug-likeness (QED) is 0.937. The number of nitrogens with one attached hydrogen (secondary N) is 1. The van der Waals surface area contributed by atoms with Crippen LogP contribution >= 0.6 is 11.3 Å². The molecule has 1 aliphatic rings. The summed E-state index contributed by atoms with van der Waals surface area (Å²) in [4.78, 5) is 18.2. The number of carbonyl (C=O) groups is 1. The van der Waals surface area contributed by atoms with E-state index in [-0.39, 0.29) is 17.9 Å². The van der Waals surface area contributed by atoms with Gasteiger partial charge >= 0.3 is 0 Å². The molecule has 2 aromatic heterocycles. The predicted octanol–water partition coefficient (Wildman–Crippen LogP) is 3.59. The lowest BCUT2D eigenvalue weighted by molar-refractivity contribution is -0.125. The lowest BCUT2D eigenvalue weighted by atomic mass is 9.94. The third-order valence-corrected chi connectivity index (χ3v) is 5.09. The van der Waals surface area contributed by atoms with Crippen LogP contribution in [-0.4, -0.2) is 17.5 Å². The molecule has 2 aromatic rings. The van der Waals surface area contributed by atoms with E-state index in [1.165, 1.54) is 4.88 Å². The molecule has 5 heteroatoms. The fraction of sp³-hybridized carbons (Fsp3) is 0.412. The van der Waals surface area contributed by atoms with E-state index in [0.717, 1.165) is 24.0 Å². The SMILES string of the molecule is CCc1cccnc1NC(=O)C(C)C1OCCc2sccc21. The summed E-state index contributed by atoms with van der Waals surface area (Å²) in [6.07, 6.45) is 3.32. The molecule has 0 fully saturated rings. The first-order valence-corrected chi connectivity index (χ1v) is 8.51. The summed E-state index contributed by atoms with van der Waals surface area (Å²) >= 11 is 1.74. The number of hydrogen-bond donors (Lipinski definition) is 1. The number of carbonyl (C=O) groups excluding carboxylic acids is 1. The molecule has 1 aliphatic heterocycles. The van der Waals surface area contributed by atoms with Gasteiger partial charge in [-0.3, -0.25) is 4.79 Å². The molecule has 0 spiro atoms. The van der Waals surface area contributed by atoms with E-state index in [1.54, 1.807) is 17.5 Å². The van der Waals surface area contributed by atoms with E-state index in [1.807, 2.05) is 19.1 Å². The van der Waals surface area contributed by atoms with Gasteiger partial charge in [0.05, 0.1) is 18.6 Å². The zero-order valence-electron chi connectivity index (χ0n) is 12.8. The van der Waals surface area contributed by atoms with Crippen LogP contribution in [0.4, 0.5) is 5.82 Å². The Bertz CT molecular complexity index is 668. The number of hydrogen-bond acceptors (Lipinski definition) is 4. The zero-order chi connectivity index (χ0) is 15.5. The number of ether oxygens (including phenoxy) is 1. The van der Waals surface area contributed by atoms with Crippen LogP contribution in [0.1, 0.15) is 36.0 Å². The number of pyridine rings is 1. The van der Waals surface area contributed by atoms with Crippen molar-refractivity contribution in [3.8, 4) is 0 Å². The van der Waals surface area contributed by atoms with Crippen LogP contribution in [0, 0.1) is 5.92 Å². The van der Waals surface area contributed by atoms with Gasteiger partial charge in [-0.15, -0.1) is 11.3 Å². The molecule has 3 rings (SSSR count). The van der Waals surface area contributed by atoms with Crippen LogP contribution in [0.25, 0.3) is 0 Å². The molecule has 0 saturated heterocycles. The van der Waals surface area contributed by atoms with Gasteiger partial charge < -0.3 is 10.1 Å². The van der Waals surface area contributed by atoms with E-state index in [9.17, 15) is 4.79 Å². The molecule has 116 valence electrons. The zero-order valence-corrected chi connectivity index (χ0v) is 13.7. The molecule has 22 heavy (non-hydrogen) atoms. The number of thiophene rings is 1. The van der Waals surface area contributed by atoms with Crippen molar-refractivity contribution < 1.29 is 9.53 Å². The van der Waals surface area contributed by atoms with E-state index >= 15 is 0 Å². The van der Waals surface area contributed by atoms with Crippen molar-refractivity contribution in [2.75, 3.05) is 11.9 Å². The van der Waals surface area contributed by atoms with Gasteiger partial charge in [0, 0.05) is 17.5 Å². The number of aromatic nitrogens is 1. The second-order valence-corrected chi connectivity index (χ2v) is 6.48. The van der Waals surface area contributed by atoms with Crippen molar-refractivity contribution in [1.29, 1.82) is 0 Å². The Kier molecular flexibility index (Phi) is 4.55. The molecule has 1 amide bonds. The number of aryl methyl sites for hydroxylation is 1. The number of fused-ring (bicyclic) bond motifs is 1. The summed E-state index contributed by atoms with van der Waals surface area (Å²) in [6, 6.07) is 5.95. The minimum Gasteiger partial charge on any atom is -0.372 e. The Morgan fingerprint density at radius 3 is 3.23 bits per heavy atom. The third kappa shape index (κ3) is 2.91. The van der Waals surface area contributed by atoms with Gasteiger partial charge in [0.15, 0.2) is 0 Å². The predicted molar refractivity (Wildman–Crippen MR) is 88.1 cm³/mol. The summed E-state index contributed by atoms with van der Waals surface area (Å²) in [5.74, 6) is 0.362. The molecular weight excluding hydrogens is 296 g/mol. The molecular formula is C17H20N2O2S. The van der Waals surface area contributed by atoms with Crippen molar-refractivity contribution in [2.24, 2.45) is 5.92 Å². The normalized spacial score (nSPS) is 18.5. The first kappa shape index (κ1) is 15.2. The second-order valence-electron chi connectivity index (χ2n) is 5.48. The monoisotopic (exact) mass is 316 g/mol. The highest BCUT2D eigenvalue weighted by Crippen LogP contribution is 2.36. The highest BCUT2D eigenvalue weighted by atomic mass is 32.1. The molecule has 3 heterocycles. The Labute approximate surface area is 134 Å². The van der Waals surface area contributed by atoms with Gasteiger partial charge in [-0.1, -0.05) is 19.9 Å². The molecule has 2 unspecified atom stereocenters. The second kappa shape index (κ2) is 6.58. The first-order valence-electron chi connectivity index (χ1n) is 7.63. The Balaban J connectivity index is 1.76. The van der Waals surface area contributed by atoms with Gasteiger partial charge in [0.1, 0.15) is 5.82 Å². The van der Waals surface area contributed by atoms with E-state index in [4.69, 9.17) is 4.74 Å². The van der Waals surface area contributed by atoms with Crippen LogP contribution in [0.5, 0.6) is 0 Å². The standard InChI is InChI=1S/C17H20N2O2S/c1-3-12-5-4-8-18-16(12)19-17(20)11(2)15-13-7-10-22-14(13)6-9-21-15/h4-5,7-8,10-11,15H,3,6,9H2,1-2H3,(H,18,19,20). The Morgan fingerprint density at radius 2 is 2.41 bits per heavy atom. The maximum atomic E-state index is 12.6. The van der Waals surface area contributed by atoms with E-state index in [2.05, 4.69) is 28.7 Å². The van der Waals surface area contributed by atoms with Crippen LogP contribution in [0.15, 0.2) is 29.8 Å². The highest BCUT2D eigenvalue weighted by molar-refractivity contribution is 7.10. The van der Waals surface area contributed by atoms with Crippen LogP contribution in [0.2, 0.25) is 0 Å². The maximum absolute atomic E-state index is 12.6. The topological polar surface area (TPSA) is 51.2 Å². The summed E-state index contributed by atoms with van der Waals surface area (Å²) in [6.45, 7) is 4.65. The average Bonchev–Trinajstić information content (AvgIpc) is 3.03. The molecule has 1 N–H and O–H groups in total. The third-order valence-electron chi connectivity index (χ3n) is 4.09. The minimum absolute atomic E-state index is 0.0440. The van der Waals surface area contributed by atoms with Crippen molar-refractivity contribution in [2.45, 2.75) is 32.8 Å². The molecule has 0 aromatic carbocycles. The molecule has 0 radical (unpaired) electrons. The lowest BCUT2D eigenvalue weighted by Crippen LogP contribution is -2.30. The Hall–Kier alpha value is -1.72. The molecule has 4 nitrogen and oxygen atoms in total. The van der Waals surface area contributed by atoms with Crippen LogP contribution in [-0.2, 0) is 22.4 Å². The molecule has 0 saturated carbocycles. The van der Waals surface area contributed by atoms with Gasteiger partial charge in [0.25, 0.3) is 0 Å². The smallest absolute Gasteiger partial charge is 0.231 e. The number of nitrogens with zero attached hydrogens (tertiary/aromatic N) is 1. The lowest BCUT2D eigenvalue weighted by Gasteiger charge is -2.28. The summed E-state index contributed by atoms with van der Waals surface area (Å²) in [5, 5.41) is 5.03. The first-order chi connectivity index (χ1) is 10.7. The molecule has 2 atom stereocenters. The van der Waals surface area contributed by atoms with Crippen molar-refractivity contribution in [1.82, 2.24) is 4.98 Å². The van der Waals surface area contributed by atoms with Crippen molar-refractivity contribution in [3.63, 3.8) is 0 Å². The summed E-state index contributed by atoms with van der Waals surface area (Å²) < 4.78 is 5.87. The van der Waals surface area contributed by atoms with Gasteiger partial charge in [-0.05, 0) is 35.1 Å². The van der Waals surface area contributed by atoms with E-state index in [0.29, 0.717) is 12.4 Å². The number of rotatable bonds is 4. The average molecular weight is 316 g/mol. The van der Waals surface area contributed by atoms with Gasteiger partial charge in [-0.2, -0.15) is 0 Å². The highest BCUT2D eigenvalue weighted by Gasteiger charge is 2.31. The molecule has 0 aliphatic carbocycles. The van der Waals surface area contributed by atoms with Crippen LogP contribution < -0.4 is 5.32 Å². The van der Waals surface area contributed by atoms with Crippen molar-refractivity contribution in [3.05, 3.63) is 45.8 Å². The number of amides is 1. The van der Waals surface area contributed by atoms with Crippen molar-refractivity contribution >= 4 is 23.1 Å². The van der Waals surface area contributed by atoms with E-state index < -0.39 is 0 Å². The molecule has 0 bridgehead atoms. The van der Waals surface area contributed by atoms with Gasteiger partial charge in [0.2, 0.25) is 5.91 Å². The largest absolute Gasteiger partial charge is 0.372 e. The summed E-state index contributed by atoms with van der Waals surface area (Å²) in [5.41, 5.74) is 2.21. The fourth-order valence-electron chi connectivity index (χ4n) is 2.79. The summed E-state index contributed by atoms with van der Waals surface area (Å²) in [7, 11) is 0. The van der Waals surface area contributed by atoms with Crippen LogP contribution in [0.3, 0.4) is 0 Å². The maximum Gasteiger partial charge on any atom is 0.231 e. The minimum atomic E-state index is -0.250. The fourth-order valence-corrected chi connectivity index (χ4v) is 3.69. The Morgan fingerprint density at radius 1 is 1.55 bits per heavy atom. The number of anilines is 1.